The summed E-state index contributed by atoms with van der Waals surface area (Å²) < 4.78 is 32.7. The van der Waals surface area contributed by atoms with Gasteiger partial charge in [-0.3, -0.25) is 5.41 Å². The van der Waals surface area contributed by atoms with E-state index in [0.717, 1.165) is 6.07 Å². The lowest BCUT2D eigenvalue weighted by molar-refractivity contribution is 0.435. The van der Waals surface area contributed by atoms with Gasteiger partial charge in [0, 0.05) is 0 Å². The molecule has 0 aliphatic heterocycles. The highest BCUT2D eigenvalue weighted by atomic mass is 19.1. The predicted octanol–water partition coefficient (Wildman–Crippen LogP) is 3.35. The maximum Gasteiger partial charge on any atom is 0.168 e. The standard InChI is InChI=1S/C14H12F2N2O/c1-8-4-2-7-11(13(8)16)19-10-6-3-5-9(15)12(10)14(17)18/h2-7H,1H3,(H3,17,18). The highest BCUT2D eigenvalue weighted by Gasteiger charge is 2.15. The second-order valence-corrected chi connectivity index (χ2v) is 4.02. The summed E-state index contributed by atoms with van der Waals surface area (Å²) in [7, 11) is 0. The molecule has 0 saturated carbocycles. The van der Waals surface area contributed by atoms with Gasteiger partial charge in [-0.2, -0.15) is 0 Å². The fourth-order valence-corrected chi connectivity index (χ4v) is 1.67. The molecule has 0 aliphatic carbocycles. The Morgan fingerprint density at radius 1 is 1.11 bits per heavy atom. The van der Waals surface area contributed by atoms with Crippen LogP contribution < -0.4 is 10.5 Å². The first-order chi connectivity index (χ1) is 9.00. The summed E-state index contributed by atoms with van der Waals surface area (Å²) in [5, 5.41) is 7.34. The van der Waals surface area contributed by atoms with Crippen molar-refractivity contribution in [3.63, 3.8) is 0 Å². The van der Waals surface area contributed by atoms with Crippen LogP contribution in [0.25, 0.3) is 0 Å². The fourth-order valence-electron chi connectivity index (χ4n) is 1.67. The van der Waals surface area contributed by atoms with E-state index in [9.17, 15) is 8.78 Å². The lowest BCUT2D eigenvalue weighted by atomic mass is 10.1. The maximum absolute atomic E-state index is 13.8. The molecule has 19 heavy (non-hydrogen) atoms. The third-order valence-corrected chi connectivity index (χ3v) is 2.62. The van der Waals surface area contributed by atoms with Crippen LogP contribution in [0.3, 0.4) is 0 Å². The lowest BCUT2D eigenvalue weighted by Crippen LogP contribution is -2.14. The molecule has 3 N–H and O–H groups in total. The van der Waals surface area contributed by atoms with E-state index in [1.165, 1.54) is 18.2 Å². The number of hydrogen-bond donors (Lipinski definition) is 2. The molecule has 2 rings (SSSR count). The van der Waals surface area contributed by atoms with Crippen LogP contribution in [0.4, 0.5) is 8.78 Å². The molecule has 0 saturated heterocycles. The zero-order valence-corrected chi connectivity index (χ0v) is 10.2. The van der Waals surface area contributed by atoms with Gasteiger partial charge in [0.1, 0.15) is 17.4 Å². The van der Waals surface area contributed by atoms with Crippen molar-refractivity contribution in [1.29, 1.82) is 5.41 Å². The van der Waals surface area contributed by atoms with Crippen LogP contribution in [0.5, 0.6) is 11.5 Å². The average molecular weight is 262 g/mol. The molecule has 0 amide bonds. The summed E-state index contributed by atoms with van der Waals surface area (Å²) in [6, 6.07) is 8.65. The van der Waals surface area contributed by atoms with E-state index in [1.54, 1.807) is 19.1 Å². The van der Waals surface area contributed by atoms with Crippen LogP contribution in [-0.2, 0) is 0 Å². The predicted molar refractivity (Wildman–Crippen MR) is 68.6 cm³/mol. The van der Waals surface area contributed by atoms with E-state index in [2.05, 4.69) is 0 Å². The minimum atomic E-state index is -0.682. The number of nitrogens with two attached hydrogens (primary N) is 1. The number of ether oxygens (including phenoxy) is 1. The molecule has 2 aromatic carbocycles. The molecular formula is C14H12F2N2O. The Labute approximate surface area is 109 Å². The summed E-state index contributed by atoms with van der Waals surface area (Å²) in [6.07, 6.45) is 0. The van der Waals surface area contributed by atoms with E-state index < -0.39 is 17.5 Å². The van der Waals surface area contributed by atoms with Crippen molar-refractivity contribution in [2.75, 3.05) is 0 Å². The van der Waals surface area contributed by atoms with Crippen molar-refractivity contribution in [3.8, 4) is 11.5 Å². The molecular weight excluding hydrogens is 250 g/mol. The highest BCUT2D eigenvalue weighted by Crippen LogP contribution is 2.29. The quantitative estimate of drug-likeness (QED) is 0.658. The van der Waals surface area contributed by atoms with Crippen molar-refractivity contribution in [2.24, 2.45) is 5.73 Å². The normalized spacial score (nSPS) is 10.3. The van der Waals surface area contributed by atoms with Gasteiger partial charge in [0.25, 0.3) is 0 Å². The number of rotatable bonds is 3. The SMILES string of the molecule is Cc1cccc(Oc2cccc(F)c2C(=N)N)c1F. The minimum Gasteiger partial charge on any atom is -0.453 e. The Morgan fingerprint density at radius 2 is 1.74 bits per heavy atom. The molecule has 0 radical (unpaired) electrons. The van der Waals surface area contributed by atoms with Gasteiger partial charge in [0.15, 0.2) is 11.6 Å². The summed E-state index contributed by atoms with van der Waals surface area (Å²) in [5.74, 6) is -1.70. The third-order valence-electron chi connectivity index (χ3n) is 2.62. The zero-order chi connectivity index (χ0) is 14.0. The molecule has 5 heteroatoms. The summed E-state index contributed by atoms with van der Waals surface area (Å²) in [5.41, 5.74) is 5.54. The number of nitrogens with one attached hydrogen (secondary N) is 1. The van der Waals surface area contributed by atoms with Crippen molar-refractivity contribution in [1.82, 2.24) is 0 Å². The van der Waals surface area contributed by atoms with E-state index in [0.29, 0.717) is 5.56 Å². The Hall–Kier alpha value is -2.43. The van der Waals surface area contributed by atoms with Gasteiger partial charge in [-0.05, 0) is 30.7 Å². The van der Waals surface area contributed by atoms with Crippen molar-refractivity contribution < 1.29 is 13.5 Å². The van der Waals surface area contributed by atoms with Crippen LogP contribution in [0, 0.1) is 24.0 Å². The molecule has 3 nitrogen and oxygen atoms in total. The number of nitrogen functional groups attached to an aromatic ring is 1. The van der Waals surface area contributed by atoms with Gasteiger partial charge in [-0.1, -0.05) is 18.2 Å². The van der Waals surface area contributed by atoms with E-state index in [4.69, 9.17) is 15.9 Å². The Bertz CT molecular complexity index is 641. The van der Waals surface area contributed by atoms with Gasteiger partial charge >= 0.3 is 0 Å². The van der Waals surface area contributed by atoms with Gasteiger partial charge < -0.3 is 10.5 Å². The van der Waals surface area contributed by atoms with E-state index in [1.807, 2.05) is 0 Å². The molecule has 0 unspecified atom stereocenters. The molecule has 0 bridgehead atoms. The van der Waals surface area contributed by atoms with Crippen LogP contribution in [0.2, 0.25) is 0 Å². The first-order valence-corrected chi connectivity index (χ1v) is 5.56. The molecule has 2 aromatic rings. The Kier molecular flexibility index (Phi) is 3.46. The number of benzene rings is 2. The lowest BCUT2D eigenvalue weighted by Gasteiger charge is -2.12. The summed E-state index contributed by atoms with van der Waals surface area (Å²) in [6.45, 7) is 1.60. The van der Waals surface area contributed by atoms with Crippen molar-refractivity contribution >= 4 is 5.84 Å². The Balaban J connectivity index is 2.47. The average Bonchev–Trinajstić information content (AvgIpc) is 2.34. The van der Waals surface area contributed by atoms with Crippen LogP contribution >= 0.6 is 0 Å². The maximum atomic E-state index is 13.8. The first-order valence-electron chi connectivity index (χ1n) is 5.56. The number of halogens is 2. The number of aryl methyl sites for hydroxylation is 1. The monoisotopic (exact) mass is 262 g/mol. The molecule has 0 atom stereocenters. The summed E-state index contributed by atoms with van der Waals surface area (Å²) >= 11 is 0. The van der Waals surface area contributed by atoms with Crippen LogP contribution in [0.15, 0.2) is 36.4 Å². The fraction of sp³-hybridized carbons (Fsp3) is 0.0714. The van der Waals surface area contributed by atoms with Crippen molar-refractivity contribution in [3.05, 3.63) is 59.2 Å². The van der Waals surface area contributed by atoms with Crippen molar-refractivity contribution in [2.45, 2.75) is 6.92 Å². The molecule has 0 heterocycles. The number of hydrogen-bond acceptors (Lipinski definition) is 2. The second-order valence-electron chi connectivity index (χ2n) is 4.02. The molecule has 98 valence electrons. The summed E-state index contributed by atoms with van der Waals surface area (Å²) in [4.78, 5) is 0. The largest absolute Gasteiger partial charge is 0.453 e. The first kappa shape index (κ1) is 13.0. The minimum absolute atomic E-state index is 0.0111. The van der Waals surface area contributed by atoms with Crippen LogP contribution in [0.1, 0.15) is 11.1 Å². The van der Waals surface area contributed by atoms with Gasteiger partial charge in [0.2, 0.25) is 0 Å². The Morgan fingerprint density at radius 3 is 2.42 bits per heavy atom. The smallest absolute Gasteiger partial charge is 0.168 e. The van der Waals surface area contributed by atoms with E-state index >= 15 is 0 Å². The zero-order valence-electron chi connectivity index (χ0n) is 10.2. The molecule has 0 aromatic heterocycles. The van der Waals surface area contributed by atoms with Gasteiger partial charge in [0.05, 0.1) is 5.56 Å². The third kappa shape index (κ3) is 2.54. The molecule has 0 fully saturated rings. The van der Waals surface area contributed by atoms with E-state index in [-0.39, 0.29) is 17.1 Å². The highest BCUT2D eigenvalue weighted by molar-refractivity contribution is 5.98. The van der Waals surface area contributed by atoms with Gasteiger partial charge in [-0.25, -0.2) is 8.78 Å². The molecule has 0 aliphatic rings. The second kappa shape index (κ2) is 5.06. The number of amidine groups is 1. The topological polar surface area (TPSA) is 59.1 Å². The molecule has 0 spiro atoms. The van der Waals surface area contributed by atoms with Crippen LogP contribution in [-0.4, -0.2) is 5.84 Å². The van der Waals surface area contributed by atoms with Gasteiger partial charge in [-0.15, -0.1) is 0 Å².